The molecule has 0 aliphatic heterocycles. The number of benzene rings is 1. The van der Waals surface area contributed by atoms with Gasteiger partial charge in [0.1, 0.15) is 0 Å². The maximum absolute atomic E-state index is 12.0. The van der Waals surface area contributed by atoms with Gasteiger partial charge in [0.15, 0.2) is 0 Å². The molecule has 1 aromatic heterocycles. The summed E-state index contributed by atoms with van der Waals surface area (Å²) in [6, 6.07) is 6.95. The maximum atomic E-state index is 12.0. The molecule has 5 heteroatoms. The predicted octanol–water partition coefficient (Wildman–Crippen LogP) is 2.24. The number of hydrogen-bond donors (Lipinski definition) is 0. The number of nitro groups is 1. The first kappa shape index (κ1) is 11.3. The average molecular weight is 232 g/mol. The van der Waals surface area contributed by atoms with Gasteiger partial charge in [-0.25, -0.2) is 0 Å². The van der Waals surface area contributed by atoms with Gasteiger partial charge in [0, 0.05) is 6.54 Å². The van der Waals surface area contributed by atoms with Gasteiger partial charge in [-0.1, -0.05) is 12.1 Å². The highest BCUT2D eigenvalue weighted by molar-refractivity contribution is 5.81. The van der Waals surface area contributed by atoms with E-state index in [0.717, 1.165) is 5.52 Å². The third-order valence-corrected chi connectivity index (χ3v) is 2.90. The van der Waals surface area contributed by atoms with Crippen LogP contribution in [0.25, 0.3) is 10.9 Å². The van der Waals surface area contributed by atoms with Crippen molar-refractivity contribution < 1.29 is 4.92 Å². The lowest BCUT2D eigenvalue weighted by molar-refractivity contribution is -0.386. The molecule has 0 saturated carbocycles. The van der Waals surface area contributed by atoms with Gasteiger partial charge in [-0.05, 0) is 26.0 Å². The minimum Gasteiger partial charge on any atom is -0.339 e. The first-order valence-corrected chi connectivity index (χ1v) is 5.34. The quantitative estimate of drug-likeness (QED) is 0.589. The average Bonchev–Trinajstić information content (AvgIpc) is 2.29. The summed E-state index contributed by atoms with van der Waals surface area (Å²) >= 11 is 0. The van der Waals surface area contributed by atoms with Crippen LogP contribution in [-0.2, 0) is 6.54 Å². The largest absolute Gasteiger partial charge is 0.339 e. The molecule has 17 heavy (non-hydrogen) atoms. The summed E-state index contributed by atoms with van der Waals surface area (Å²) in [4.78, 5) is 22.3. The Bertz CT molecular complexity index is 659. The topological polar surface area (TPSA) is 65.1 Å². The molecule has 88 valence electrons. The molecule has 5 nitrogen and oxygen atoms in total. The number of aryl methyl sites for hydroxylation is 1. The van der Waals surface area contributed by atoms with Crippen molar-refractivity contribution in [3.63, 3.8) is 0 Å². The third-order valence-electron chi connectivity index (χ3n) is 2.90. The van der Waals surface area contributed by atoms with Gasteiger partial charge >= 0.3 is 5.69 Å². The van der Waals surface area contributed by atoms with Gasteiger partial charge in [-0.3, -0.25) is 14.9 Å². The summed E-state index contributed by atoms with van der Waals surface area (Å²) in [5.74, 6) is 0. The normalized spacial score (nSPS) is 10.7. The van der Waals surface area contributed by atoms with Crippen molar-refractivity contribution >= 4 is 16.6 Å². The summed E-state index contributed by atoms with van der Waals surface area (Å²) in [6.07, 6.45) is 0. The molecule has 2 aromatic rings. The van der Waals surface area contributed by atoms with E-state index >= 15 is 0 Å². The van der Waals surface area contributed by atoms with Crippen molar-refractivity contribution in [1.82, 2.24) is 4.57 Å². The fourth-order valence-corrected chi connectivity index (χ4v) is 2.12. The fourth-order valence-electron chi connectivity index (χ4n) is 2.12. The Balaban J connectivity index is 3.05. The maximum Gasteiger partial charge on any atom is 0.335 e. The monoisotopic (exact) mass is 232 g/mol. The predicted molar refractivity (Wildman–Crippen MR) is 65.3 cm³/mol. The zero-order chi connectivity index (χ0) is 12.6. The fraction of sp³-hybridized carbons (Fsp3) is 0.250. The lowest BCUT2D eigenvalue weighted by Gasteiger charge is -2.12. The van der Waals surface area contributed by atoms with Gasteiger partial charge in [-0.2, -0.15) is 0 Å². The van der Waals surface area contributed by atoms with E-state index in [1.54, 1.807) is 29.7 Å². The van der Waals surface area contributed by atoms with Crippen LogP contribution in [0.5, 0.6) is 0 Å². The lowest BCUT2D eigenvalue weighted by atomic mass is 10.1. The molecule has 1 heterocycles. The Morgan fingerprint density at radius 1 is 1.35 bits per heavy atom. The first-order chi connectivity index (χ1) is 8.07. The zero-order valence-electron chi connectivity index (χ0n) is 9.64. The van der Waals surface area contributed by atoms with E-state index in [1.165, 1.54) is 0 Å². The van der Waals surface area contributed by atoms with Crippen LogP contribution in [0.2, 0.25) is 0 Å². The second-order valence-corrected chi connectivity index (χ2v) is 3.78. The molecule has 0 fully saturated rings. The van der Waals surface area contributed by atoms with Crippen LogP contribution < -0.4 is 5.43 Å². The summed E-state index contributed by atoms with van der Waals surface area (Å²) in [5, 5.41) is 11.3. The summed E-state index contributed by atoms with van der Waals surface area (Å²) in [6.45, 7) is 4.09. The van der Waals surface area contributed by atoms with Gasteiger partial charge in [0.05, 0.1) is 21.5 Å². The van der Waals surface area contributed by atoms with Crippen molar-refractivity contribution in [3.8, 4) is 0 Å². The van der Waals surface area contributed by atoms with Crippen LogP contribution in [-0.4, -0.2) is 9.49 Å². The van der Waals surface area contributed by atoms with E-state index in [1.807, 2.05) is 13.0 Å². The van der Waals surface area contributed by atoms with Crippen LogP contribution in [0.1, 0.15) is 12.6 Å². The highest BCUT2D eigenvalue weighted by Gasteiger charge is 2.21. The first-order valence-electron chi connectivity index (χ1n) is 5.34. The van der Waals surface area contributed by atoms with Crippen LogP contribution >= 0.6 is 0 Å². The molecule has 0 aliphatic carbocycles. The molecule has 0 radical (unpaired) electrons. The van der Waals surface area contributed by atoms with Crippen molar-refractivity contribution in [3.05, 3.63) is 50.3 Å². The molecule has 0 spiro atoms. The summed E-state index contributed by atoms with van der Waals surface area (Å²) in [5.41, 5.74) is 0.308. The van der Waals surface area contributed by atoms with E-state index in [9.17, 15) is 14.9 Å². The Morgan fingerprint density at radius 3 is 2.59 bits per heavy atom. The minimum atomic E-state index is -0.601. The number of aromatic nitrogens is 1. The Labute approximate surface area is 97.5 Å². The molecule has 0 N–H and O–H groups in total. The molecule has 0 saturated heterocycles. The van der Waals surface area contributed by atoms with Crippen molar-refractivity contribution in [2.24, 2.45) is 0 Å². The Kier molecular flexibility index (Phi) is 2.67. The van der Waals surface area contributed by atoms with Crippen molar-refractivity contribution in [1.29, 1.82) is 0 Å². The van der Waals surface area contributed by atoms with Gasteiger partial charge < -0.3 is 4.57 Å². The molecule has 1 aromatic carbocycles. The minimum absolute atomic E-state index is 0.328. The SMILES string of the molecule is CCn1c(C)c([N+](=O)[O-])c(=O)c2ccccc21. The highest BCUT2D eigenvalue weighted by atomic mass is 16.6. The number of pyridine rings is 1. The van der Waals surface area contributed by atoms with Crippen LogP contribution in [0.3, 0.4) is 0 Å². The van der Waals surface area contributed by atoms with Crippen LogP contribution in [0.15, 0.2) is 29.1 Å². The second-order valence-electron chi connectivity index (χ2n) is 3.78. The van der Waals surface area contributed by atoms with E-state index in [0.29, 0.717) is 17.6 Å². The van der Waals surface area contributed by atoms with E-state index < -0.39 is 10.4 Å². The molecule has 0 aliphatic rings. The van der Waals surface area contributed by atoms with Gasteiger partial charge in [-0.15, -0.1) is 0 Å². The van der Waals surface area contributed by atoms with Crippen LogP contribution in [0.4, 0.5) is 5.69 Å². The molecular weight excluding hydrogens is 220 g/mol. The third kappa shape index (κ3) is 1.60. The number of fused-ring (bicyclic) bond motifs is 1. The van der Waals surface area contributed by atoms with E-state index in [-0.39, 0.29) is 5.69 Å². The number of nitrogens with zero attached hydrogens (tertiary/aromatic N) is 2. The molecule has 0 amide bonds. The Morgan fingerprint density at radius 2 is 2.00 bits per heavy atom. The standard InChI is InChI=1S/C12H12N2O3/c1-3-13-8(2)11(14(16)17)12(15)9-6-4-5-7-10(9)13/h4-7H,3H2,1-2H3. The van der Waals surface area contributed by atoms with Crippen LogP contribution in [0, 0.1) is 17.0 Å². The molecule has 2 rings (SSSR count). The second kappa shape index (κ2) is 4.01. The summed E-state index contributed by atoms with van der Waals surface area (Å²) in [7, 11) is 0. The molecular formula is C12H12N2O3. The van der Waals surface area contributed by atoms with E-state index in [4.69, 9.17) is 0 Å². The molecule has 0 atom stereocenters. The lowest BCUT2D eigenvalue weighted by Crippen LogP contribution is -2.17. The number of hydrogen-bond acceptors (Lipinski definition) is 3. The summed E-state index contributed by atoms with van der Waals surface area (Å²) < 4.78 is 1.79. The van der Waals surface area contributed by atoms with Gasteiger partial charge in [0.2, 0.25) is 0 Å². The van der Waals surface area contributed by atoms with Gasteiger partial charge in [0.25, 0.3) is 5.43 Å². The number of rotatable bonds is 2. The number of para-hydroxylation sites is 1. The zero-order valence-corrected chi connectivity index (χ0v) is 9.64. The van der Waals surface area contributed by atoms with Crippen molar-refractivity contribution in [2.75, 3.05) is 0 Å². The smallest absolute Gasteiger partial charge is 0.335 e. The Hall–Kier alpha value is -2.17. The highest BCUT2D eigenvalue weighted by Crippen LogP contribution is 2.20. The molecule has 0 bridgehead atoms. The van der Waals surface area contributed by atoms with E-state index in [2.05, 4.69) is 0 Å². The molecule has 0 unspecified atom stereocenters. The van der Waals surface area contributed by atoms with Crippen molar-refractivity contribution in [2.45, 2.75) is 20.4 Å².